The molecule has 4 nitrogen and oxygen atoms in total. The number of carbonyl (C=O) groups is 1. The minimum absolute atomic E-state index is 0.381. The minimum atomic E-state index is -0.865. The summed E-state index contributed by atoms with van der Waals surface area (Å²) < 4.78 is 35.0. The molecule has 0 aliphatic heterocycles. The summed E-state index contributed by atoms with van der Waals surface area (Å²) in [6.45, 7) is 9.39. The molecule has 0 fully saturated rings. The SMILES string of the molecule is CCN(CC)C(=O)Oc1ccc2c(ccn2Cc2ccc(F)c(F)c2)c1-c1cc(C)cc(C)c1. The van der Waals surface area contributed by atoms with Crippen molar-refractivity contribution in [3.8, 4) is 16.9 Å². The highest BCUT2D eigenvalue weighted by molar-refractivity contribution is 6.00. The van der Waals surface area contributed by atoms with E-state index in [9.17, 15) is 13.6 Å². The Kier molecular flexibility index (Phi) is 6.68. The molecule has 6 heteroatoms. The predicted octanol–water partition coefficient (Wildman–Crippen LogP) is 7.09. The highest BCUT2D eigenvalue weighted by Gasteiger charge is 2.19. The summed E-state index contributed by atoms with van der Waals surface area (Å²) in [4.78, 5) is 14.4. The average Bonchev–Trinajstić information content (AvgIpc) is 3.19. The van der Waals surface area contributed by atoms with E-state index < -0.39 is 17.7 Å². The maximum absolute atomic E-state index is 13.7. The fourth-order valence-corrected chi connectivity index (χ4v) is 4.37. The Balaban J connectivity index is 1.84. The highest BCUT2D eigenvalue weighted by atomic mass is 19.2. The van der Waals surface area contributed by atoms with Crippen LogP contribution in [0.5, 0.6) is 5.75 Å². The molecule has 3 aromatic carbocycles. The number of ether oxygens (including phenoxy) is 1. The van der Waals surface area contributed by atoms with Gasteiger partial charge in [0.2, 0.25) is 0 Å². The number of hydrogen-bond donors (Lipinski definition) is 0. The number of aryl methyl sites for hydroxylation is 2. The van der Waals surface area contributed by atoms with Gasteiger partial charge in [0.25, 0.3) is 0 Å². The first kappa shape index (κ1) is 23.5. The zero-order valence-corrected chi connectivity index (χ0v) is 19.9. The zero-order chi connectivity index (χ0) is 24.4. The number of fused-ring (bicyclic) bond motifs is 1. The van der Waals surface area contributed by atoms with Gasteiger partial charge in [-0.3, -0.25) is 0 Å². The number of amides is 1. The molecule has 0 aliphatic carbocycles. The molecule has 0 saturated carbocycles. The lowest BCUT2D eigenvalue weighted by Crippen LogP contribution is -2.33. The van der Waals surface area contributed by atoms with E-state index in [2.05, 4.69) is 18.2 Å². The fraction of sp³-hybridized carbons (Fsp3) is 0.250. The van der Waals surface area contributed by atoms with Crippen molar-refractivity contribution in [3.63, 3.8) is 0 Å². The number of halogens is 2. The summed E-state index contributed by atoms with van der Waals surface area (Å²) in [5, 5.41) is 0.914. The summed E-state index contributed by atoms with van der Waals surface area (Å²) in [5.41, 5.74) is 5.55. The van der Waals surface area contributed by atoms with Gasteiger partial charge < -0.3 is 14.2 Å². The molecular formula is C28H28F2N2O2. The van der Waals surface area contributed by atoms with Crippen LogP contribution in [0.1, 0.15) is 30.5 Å². The topological polar surface area (TPSA) is 34.5 Å². The molecule has 0 bridgehead atoms. The van der Waals surface area contributed by atoms with Crippen molar-refractivity contribution in [2.24, 2.45) is 0 Å². The monoisotopic (exact) mass is 462 g/mol. The Morgan fingerprint density at radius 3 is 2.26 bits per heavy atom. The zero-order valence-electron chi connectivity index (χ0n) is 19.9. The van der Waals surface area contributed by atoms with Gasteiger partial charge in [-0.1, -0.05) is 35.4 Å². The molecule has 0 radical (unpaired) electrons. The van der Waals surface area contributed by atoms with Crippen LogP contribution in [0.4, 0.5) is 13.6 Å². The lowest BCUT2D eigenvalue weighted by atomic mass is 9.97. The van der Waals surface area contributed by atoms with Gasteiger partial charge in [0, 0.05) is 42.3 Å². The van der Waals surface area contributed by atoms with Crippen LogP contribution in [0.25, 0.3) is 22.0 Å². The molecule has 0 spiro atoms. The van der Waals surface area contributed by atoms with Gasteiger partial charge in [-0.15, -0.1) is 0 Å². The number of benzene rings is 3. The van der Waals surface area contributed by atoms with E-state index in [1.54, 1.807) is 17.0 Å². The number of nitrogens with zero attached hydrogens (tertiary/aromatic N) is 2. The van der Waals surface area contributed by atoms with Crippen LogP contribution in [0.3, 0.4) is 0 Å². The lowest BCUT2D eigenvalue weighted by molar-refractivity contribution is 0.157. The van der Waals surface area contributed by atoms with Gasteiger partial charge in [-0.25, -0.2) is 13.6 Å². The van der Waals surface area contributed by atoms with Crippen LogP contribution in [-0.4, -0.2) is 28.6 Å². The lowest BCUT2D eigenvalue weighted by Gasteiger charge is -2.20. The van der Waals surface area contributed by atoms with Gasteiger partial charge in [0.15, 0.2) is 11.6 Å². The van der Waals surface area contributed by atoms with Crippen molar-refractivity contribution in [1.29, 1.82) is 0 Å². The van der Waals surface area contributed by atoms with Gasteiger partial charge in [-0.05, 0) is 69.2 Å². The second kappa shape index (κ2) is 9.67. The first-order valence-electron chi connectivity index (χ1n) is 11.4. The summed E-state index contributed by atoms with van der Waals surface area (Å²) in [7, 11) is 0. The second-order valence-corrected chi connectivity index (χ2v) is 8.48. The van der Waals surface area contributed by atoms with Crippen molar-refractivity contribution < 1.29 is 18.3 Å². The van der Waals surface area contributed by atoms with Gasteiger partial charge in [0.1, 0.15) is 5.75 Å². The van der Waals surface area contributed by atoms with Crippen molar-refractivity contribution >= 4 is 17.0 Å². The van der Waals surface area contributed by atoms with Crippen LogP contribution in [-0.2, 0) is 6.54 Å². The maximum Gasteiger partial charge on any atom is 0.415 e. The van der Waals surface area contributed by atoms with E-state index in [-0.39, 0.29) is 0 Å². The molecule has 34 heavy (non-hydrogen) atoms. The van der Waals surface area contributed by atoms with E-state index in [4.69, 9.17) is 4.74 Å². The third-order valence-corrected chi connectivity index (χ3v) is 5.98. The first-order chi connectivity index (χ1) is 16.3. The van der Waals surface area contributed by atoms with Crippen molar-refractivity contribution in [2.75, 3.05) is 13.1 Å². The molecule has 0 unspecified atom stereocenters. The molecule has 4 aromatic rings. The number of carbonyl (C=O) groups excluding carboxylic acids is 1. The first-order valence-corrected chi connectivity index (χ1v) is 11.4. The Hall–Kier alpha value is -3.67. The number of hydrogen-bond acceptors (Lipinski definition) is 2. The smallest absolute Gasteiger partial charge is 0.410 e. The van der Waals surface area contributed by atoms with Gasteiger partial charge >= 0.3 is 6.09 Å². The molecule has 4 rings (SSSR count). The van der Waals surface area contributed by atoms with Crippen molar-refractivity contribution in [1.82, 2.24) is 9.47 Å². The van der Waals surface area contributed by atoms with E-state index in [1.165, 1.54) is 6.07 Å². The van der Waals surface area contributed by atoms with E-state index in [0.717, 1.165) is 39.2 Å². The Bertz CT molecular complexity index is 1340. The van der Waals surface area contributed by atoms with Crippen LogP contribution in [0.2, 0.25) is 0 Å². The van der Waals surface area contributed by atoms with Crippen LogP contribution in [0.15, 0.2) is 60.8 Å². The molecule has 1 heterocycles. The fourth-order valence-electron chi connectivity index (χ4n) is 4.37. The normalized spacial score (nSPS) is 11.1. The van der Waals surface area contributed by atoms with Crippen molar-refractivity contribution in [3.05, 3.63) is 89.1 Å². The van der Waals surface area contributed by atoms with E-state index >= 15 is 0 Å². The molecule has 0 N–H and O–H groups in total. The molecular weight excluding hydrogens is 434 g/mol. The number of aromatic nitrogens is 1. The van der Waals surface area contributed by atoms with Crippen LogP contribution >= 0.6 is 0 Å². The van der Waals surface area contributed by atoms with Gasteiger partial charge in [0.05, 0.1) is 0 Å². The van der Waals surface area contributed by atoms with E-state index in [0.29, 0.717) is 30.9 Å². The standard InChI is InChI=1S/C28H28F2N2O2/c1-5-31(6-2)28(33)34-26-10-9-25-22(27(26)21-14-18(3)13-19(4)15-21)11-12-32(25)17-20-7-8-23(29)24(30)16-20/h7-16H,5-6,17H2,1-4H3. The van der Waals surface area contributed by atoms with Crippen molar-refractivity contribution in [2.45, 2.75) is 34.2 Å². The summed E-state index contributed by atoms with van der Waals surface area (Å²) in [6, 6.07) is 15.8. The Morgan fingerprint density at radius 2 is 1.62 bits per heavy atom. The molecule has 1 amide bonds. The van der Waals surface area contributed by atoms with Gasteiger partial charge in [-0.2, -0.15) is 0 Å². The van der Waals surface area contributed by atoms with E-state index in [1.807, 2.05) is 50.6 Å². The summed E-state index contributed by atoms with van der Waals surface area (Å²) >= 11 is 0. The molecule has 1 aromatic heterocycles. The van der Waals surface area contributed by atoms with Crippen LogP contribution in [0, 0.1) is 25.5 Å². The summed E-state index contributed by atoms with van der Waals surface area (Å²) in [6.07, 6.45) is 1.52. The molecule has 176 valence electrons. The predicted molar refractivity (Wildman–Crippen MR) is 131 cm³/mol. The second-order valence-electron chi connectivity index (χ2n) is 8.48. The highest BCUT2D eigenvalue weighted by Crippen LogP contribution is 2.39. The quantitative estimate of drug-likeness (QED) is 0.306. The minimum Gasteiger partial charge on any atom is -0.410 e. The molecule has 0 atom stereocenters. The largest absolute Gasteiger partial charge is 0.415 e. The maximum atomic E-state index is 13.7. The third-order valence-electron chi connectivity index (χ3n) is 5.98. The summed E-state index contributed by atoms with van der Waals surface area (Å²) in [5.74, 6) is -1.24. The number of rotatable bonds is 6. The third kappa shape index (κ3) is 4.67. The Morgan fingerprint density at radius 1 is 0.912 bits per heavy atom. The average molecular weight is 463 g/mol. The molecule has 0 saturated heterocycles. The van der Waals surface area contributed by atoms with Crippen LogP contribution < -0.4 is 4.74 Å². The molecule has 0 aliphatic rings. The Labute approximate surface area is 198 Å².